The lowest BCUT2D eigenvalue weighted by atomic mass is 10.1. The number of fused-ring (bicyclic) bond motifs is 1. The second-order valence-electron chi connectivity index (χ2n) is 4.27. The van der Waals surface area contributed by atoms with Gasteiger partial charge >= 0.3 is 6.18 Å². The summed E-state index contributed by atoms with van der Waals surface area (Å²) in [5.74, 6) is -0.762. The van der Waals surface area contributed by atoms with E-state index in [1.54, 1.807) is 12.1 Å². The fraction of sp³-hybridized carbons (Fsp3) is 0.214. The topological polar surface area (TPSA) is 29.1 Å². The second-order valence-corrected chi connectivity index (χ2v) is 5.70. The van der Waals surface area contributed by atoms with Gasteiger partial charge in [0.05, 0.1) is 5.75 Å². The van der Waals surface area contributed by atoms with Crippen LogP contribution in [0.3, 0.4) is 0 Å². The van der Waals surface area contributed by atoms with Crippen LogP contribution in [0, 0.1) is 0 Å². The Bertz CT molecular complexity index is 655. The molecule has 1 amide bonds. The lowest BCUT2D eigenvalue weighted by Gasteiger charge is -2.10. The number of nitrogens with one attached hydrogen (secondary N) is 1. The van der Waals surface area contributed by atoms with E-state index < -0.39 is 18.6 Å². The smallest absolute Gasteiger partial charge is 0.346 e. The number of hydrogen-bond donors (Lipinski definition) is 1. The van der Waals surface area contributed by atoms with Crippen LogP contribution in [0.15, 0.2) is 41.3 Å². The van der Waals surface area contributed by atoms with Crippen LogP contribution < -0.4 is 5.32 Å². The van der Waals surface area contributed by atoms with Gasteiger partial charge in [0.1, 0.15) is 6.54 Å². The average molecular weight is 334 g/mol. The van der Waals surface area contributed by atoms with Crippen LogP contribution in [0.5, 0.6) is 0 Å². The molecule has 7 heteroatoms. The molecule has 1 N–H and O–H groups in total. The molecule has 2 aromatic rings. The maximum absolute atomic E-state index is 12.0. The first kappa shape index (κ1) is 16.0. The number of hydrogen-bond acceptors (Lipinski definition) is 2. The van der Waals surface area contributed by atoms with E-state index in [0.29, 0.717) is 5.02 Å². The van der Waals surface area contributed by atoms with E-state index >= 15 is 0 Å². The van der Waals surface area contributed by atoms with Crippen molar-refractivity contribution in [3.05, 3.63) is 41.4 Å². The van der Waals surface area contributed by atoms with Gasteiger partial charge in [-0.1, -0.05) is 35.9 Å². The van der Waals surface area contributed by atoms with Crippen molar-refractivity contribution in [1.29, 1.82) is 0 Å². The third kappa shape index (κ3) is 4.54. The Kier molecular flexibility index (Phi) is 5.00. The number of benzene rings is 2. The number of alkyl halides is 3. The van der Waals surface area contributed by atoms with Gasteiger partial charge in [0, 0.05) is 15.3 Å². The Morgan fingerprint density at radius 3 is 2.52 bits per heavy atom. The van der Waals surface area contributed by atoms with Crippen molar-refractivity contribution < 1.29 is 18.0 Å². The Balaban J connectivity index is 2.06. The van der Waals surface area contributed by atoms with Gasteiger partial charge in [-0.3, -0.25) is 4.79 Å². The molecule has 21 heavy (non-hydrogen) atoms. The summed E-state index contributed by atoms with van der Waals surface area (Å²) < 4.78 is 36.0. The first-order valence-electron chi connectivity index (χ1n) is 6.00. The molecular weight excluding hydrogens is 323 g/mol. The molecular formula is C14H11ClF3NOS. The Labute approximate surface area is 128 Å². The van der Waals surface area contributed by atoms with Crippen molar-refractivity contribution in [2.45, 2.75) is 11.1 Å². The third-order valence-electron chi connectivity index (χ3n) is 2.66. The summed E-state index contributed by atoms with van der Waals surface area (Å²) in [6.07, 6.45) is -4.40. The average Bonchev–Trinajstić information content (AvgIpc) is 2.42. The second kappa shape index (κ2) is 6.58. The van der Waals surface area contributed by atoms with E-state index in [-0.39, 0.29) is 5.75 Å². The molecule has 0 atom stereocenters. The van der Waals surface area contributed by atoms with Gasteiger partial charge in [-0.05, 0) is 17.5 Å². The minimum absolute atomic E-state index is 0.0968. The van der Waals surface area contributed by atoms with Crippen LogP contribution in [0.2, 0.25) is 5.02 Å². The molecule has 2 rings (SSSR count). The summed E-state index contributed by atoms with van der Waals surface area (Å²) in [6, 6.07) is 10.9. The number of amides is 1. The third-order valence-corrected chi connectivity index (χ3v) is 4.03. The van der Waals surface area contributed by atoms with Gasteiger partial charge in [0.25, 0.3) is 0 Å². The van der Waals surface area contributed by atoms with Crippen LogP contribution in [0.1, 0.15) is 0 Å². The largest absolute Gasteiger partial charge is 0.405 e. The van der Waals surface area contributed by atoms with Crippen LogP contribution in [-0.2, 0) is 4.79 Å². The van der Waals surface area contributed by atoms with Crippen LogP contribution >= 0.6 is 23.4 Å². The first-order valence-corrected chi connectivity index (χ1v) is 7.37. The molecule has 0 saturated carbocycles. The fourth-order valence-corrected chi connectivity index (χ4v) is 3.05. The molecule has 0 spiro atoms. The quantitative estimate of drug-likeness (QED) is 0.847. The molecule has 2 nitrogen and oxygen atoms in total. The van der Waals surface area contributed by atoms with Crippen LogP contribution in [0.4, 0.5) is 13.2 Å². The monoisotopic (exact) mass is 333 g/mol. The Hall–Kier alpha value is -1.40. The lowest BCUT2D eigenvalue weighted by molar-refractivity contribution is -0.136. The van der Waals surface area contributed by atoms with Crippen molar-refractivity contribution in [1.82, 2.24) is 5.32 Å². The zero-order chi connectivity index (χ0) is 15.5. The van der Waals surface area contributed by atoms with E-state index in [0.717, 1.165) is 27.4 Å². The summed E-state index contributed by atoms with van der Waals surface area (Å²) in [5.41, 5.74) is 0. The number of carbonyl (C=O) groups excluding carboxylic acids is 1. The van der Waals surface area contributed by atoms with Gasteiger partial charge in [-0.15, -0.1) is 11.8 Å². The summed E-state index contributed by atoms with van der Waals surface area (Å²) >= 11 is 7.29. The molecule has 0 bridgehead atoms. The molecule has 0 aliphatic rings. The van der Waals surface area contributed by atoms with E-state index in [4.69, 9.17) is 11.6 Å². The number of carbonyl (C=O) groups is 1. The lowest BCUT2D eigenvalue weighted by Crippen LogP contribution is -2.34. The molecule has 0 aliphatic heterocycles. The summed E-state index contributed by atoms with van der Waals surface area (Å²) in [6.45, 7) is -1.32. The number of rotatable bonds is 4. The molecule has 0 radical (unpaired) electrons. The van der Waals surface area contributed by atoms with E-state index in [9.17, 15) is 18.0 Å². The van der Waals surface area contributed by atoms with Crippen molar-refractivity contribution in [3.63, 3.8) is 0 Å². The summed E-state index contributed by atoms with van der Waals surface area (Å²) in [4.78, 5) is 12.2. The van der Waals surface area contributed by atoms with Crippen LogP contribution in [0.25, 0.3) is 10.8 Å². The molecule has 0 aliphatic carbocycles. The number of halogens is 4. The highest BCUT2D eigenvalue weighted by Gasteiger charge is 2.27. The van der Waals surface area contributed by atoms with E-state index in [2.05, 4.69) is 0 Å². The van der Waals surface area contributed by atoms with Crippen molar-refractivity contribution >= 4 is 40.0 Å². The van der Waals surface area contributed by atoms with Crippen molar-refractivity contribution in [3.8, 4) is 0 Å². The van der Waals surface area contributed by atoms with E-state index in [1.807, 2.05) is 29.6 Å². The van der Waals surface area contributed by atoms with Crippen molar-refractivity contribution in [2.24, 2.45) is 0 Å². The molecule has 112 valence electrons. The SMILES string of the molecule is O=C(CSc1cccc2cccc(Cl)c12)NCC(F)(F)F. The Morgan fingerprint density at radius 1 is 1.19 bits per heavy atom. The predicted molar refractivity (Wildman–Crippen MR) is 78.7 cm³/mol. The maximum Gasteiger partial charge on any atom is 0.405 e. The molecule has 0 saturated heterocycles. The normalized spacial score (nSPS) is 11.6. The fourth-order valence-electron chi connectivity index (χ4n) is 1.78. The highest BCUT2D eigenvalue weighted by atomic mass is 35.5. The maximum atomic E-state index is 12.0. The predicted octanol–water partition coefficient (Wildman–Crippen LogP) is 4.26. The van der Waals surface area contributed by atoms with Gasteiger partial charge < -0.3 is 5.32 Å². The van der Waals surface area contributed by atoms with E-state index in [1.165, 1.54) is 0 Å². The molecule has 0 fully saturated rings. The zero-order valence-corrected chi connectivity index (χ0v) is 12.3. The zero-order valence-electron chi connectivity index (χ0n) is 10.7. The highest BCUT2D eigenvalue weighted by molar-refractivity contribution is 8.00. The van der Waals surface area contributed by atoms with Gasteiger partial charge in [-0.25, -0.2) is 0 Å². The minimum atomic E-state index is -4.40. The van der Waals surface area contributed by atoms with Crippen LogP contribution in [-0.4, -0.2) is 24.4 Å². The molecule has 0 heterocycles. The molecule has 2 aromatic carbocycles. The highest BCUT2D eigenvalue weighted by Crippen LogP contribution is 2.33. The van der Waals surface area contributed by atoms with Gasteiger partial charge in [0.2, 0.25) is 5.91 Å². The first-order chi connectivity index (χ1) is 9.87. The number of thioether (sulfide) groups is 1. The van der Waals surface area contributed by atoms with Crippen molar-refractivity contribution in [2.75, 3.05) is 12.3 Å². The standard InChI is InChI=1S/C14H11ClF3NOS/c15-10-5-1-3-9-4-2-6-11(13(9)10)21-7-12(20)19-8-14(16,17)18/h1-6H,7-8H2,(H,19,20). The summed E-state index contributed by atoms with van der Waals surface area (Å²) in [7, 11) is 0. The minimum Gasteiger partial charge on any atom is -0.346 e. The van der Waals surface area contributed by atoms with Gasteiger partial charge in [0.15, 0.2) is 0 Å². The molecule has 0 unspecified atom stereocenters. The molecule has 0 aromatic heterocycles. The van der Waals surface area contributed by atoms with Gasteiger partial charge in [-0.2, -0.15) is 13.2 Å². The Morgan fingerprint density at radius 2 is 1.86 bits per heavy atom. The summed E-state index contributed by atoms with van der Waals surface area (Å²) in [5, 5.41) is 4.11.